The summed E-state index contributed by atoms with van der Waals surface area (Å²) in [5.41, 5.74) is 0.339. The van der Waals surface area contributed by atoms with Crippen LogP contribution in [-0.2, 0) is 4.79 Å². The molecule has 0 radical (unpaired) electrons. The van der Waals surface area contributed by atoms with E-state index in [1.54, 1.807) is 0 Å². The Morgan fingerprint density at radius 2 is 2.25 bits per heavy atom. The summed E-state index contributed by atoms with van der Waals surface area (Å²) in [7, 11) is 0. The average molecular weight is 169 g/mol. The maximum atomic E-state index is 12.7. The van der Waals surface area contributed by atoms with Gasteiger partial charge in [-0.15, -0.1) is 0 Å². The maximum Gasteiger partial charge on any atom is 0.211 e. The SMILES string of the molecule is Cc1c(F)ccc(NC=O)c1O. The van der Waals surface area contributed by atoms with E-state index in [2.05, 4.69) is 5.32 Å². The zero-order chi connectivity index (χ0) is 9.14. The van der Waals surface area contributed by atoms with Crippen molar-refractivity contribution in [3.8, 4) is 5.75 Å². The highest BCUT2D eigenvalue weighted by atomic mass is 19.1. The molecule has 64 valence electrons. The molecule has 1 amide bonds. The van der Waals surface area contributed by atoms with E-state index in [-0.39, 0.29) is 17.0 Å². The number of anilines is 1. The van der Waals surface area contributed by atoms with Crippen LogP contribution in [0.15, 0.2) is 12.1 Å². The molecule has 3 nitrogen and oxygen atoms in total. The van der Waals surface area contributed by atoms with E-state index in [9.17, 15) is 14.3 Å². The molecule has 0 aliphatic heterocycles. The molecule has 0 saturated heterocycles. The van der Waals surface area contributed by atoms with Gasteiger partial charge < -0.3 is 10.4 Å². The van der Waals surface area contributed by atoms with Crippen LogP contribution in [0.2, 0.25) is 0 Å². The highest BCUT2D eigenvalue weighted by Gasteiger charge is 2.07. The molecular formula is C8H8FNO2. The van der Waals surface area contributed by atoms with Crippen LogP contribution in [-0.4, -0.2) is 11.5 Å². The lowest BCUT2D eigenvalue weighted by Crippen LogP contribution is -1.96. The highest BCUT2D eigenvalue weighted by molar-refractivity contribution is 5.76. The second-order valence-corrected chi connectivity index (χ2v) is 2.33. The Morgan fingerprint density at radius 1 is 1.58 bits per heavy atom. The van der Waals surface area contributed by atoms with Gasteiger partial charge >= 0.3 is 0 Å². The van der Waals surface area contributed by atoms with Gasteiger partial charge in [-0.25, -0.2) is 4.39 Å². The van der Waals surface area contributed by atoms with Crippen LogP contribution < -0.4 is 5.32 Å². The molecule has 0 bridgehead atoms. The molecule has 1 aromatic rings. The first-order chi connectivity index (χ1) is 5.66. The van der Waals surface area contributed by atoms with E-state index in [4.69, 9.17) is 0 Å². The first kappa shape index (κ1) is 8.52. The Balaban J connectivity index is 3.16. The zero-order valence-electron chi connectivity index (χ0n) is 6.47. The van der Waals surface area contributed by atoms with Gasteiger partial charge in [0.2, 0.25) is 6.41 Å². The van der Waals surface area contributed by atoms with E-state index in [1.165, 1.54) is 19.1 Å². The van der Waals surface area contributed by atoms with Crippen molar-refractivity contribution in [2.45, 2.75) is 6.92 Å². The number of carbonyl (C=O) groups excluding carboxylic acids is 1. The summed E-state index contributed by atoms with van der Waals surface area (Å²) < 4.78 is 12.7. The van der Waals surface area contributed by atoms with Gasteiger partial charge in [0.25, 0.3) is 0 Å². The molecule has 0 unspecified atom stereocenters. The number of carbonyl (C=O) groups is 1. The smallest absolute Gasteiger partial charge is 0.211 e. The van der Waals surface area contributed by atoms with Crippen LogP contribution in [0.5, 0.6) is 5.75 Å². The van der Waals surface area contributed by atoms with E-state index < -0.39 is 5.82 Å². The van der Waals surface area contributed by atoms with E-state index in [0.29, 0.717) is 6.41 Å². The summed E-state index contributed by atoms with van der Waals surface area (Å²) in [6.07, 6.45) is 0.423. The van der Waals surface area contributed by atoms with E-state index in [1.807, 2.05) is 0 Å². The molecule has 0 aromatic heterocycles. The summed E-state index contributed by atoms with van der Waals surface area (Å²) in [6.45, 7) is 1.43. The molecule has 0 heterocycles. The molecular weight excluding hydrogens is 161 g/mol. The fourth-order valence-corrected chi connectivity index (χ4v) is 0.856. The van der Waals surface area contributed by atoms with Crippen LogP contribution >= 0.6 is 0 Å². The minimum absolute atomic E-state index is 0.127. The van der Waals surface area contributed by atoms with E-state index in [0.717, 1.165) is 0 Å². The molecule has 0 aliphatic carbocycles. The molecule has 0 saturated carbocycles. The number of rotatable bonds is 2. The monoisotopic (exact) mass is 169 g/mol. The topological polar surface area (TPSA) is 49.3 Å². The first-order valence-electron chi connectivity index (χ1n) is 3.35. The van der Waals surface area contributed by atoms with Crippen molar-refractivity contribution < 1.29 is 14.3 Å². The second-order valence-electron chi connectivity index (χ2n) is 2.33. The van der Waals surface area contributed by atoms with Crippen LogP contribution in [0.4, 0.5) is 10.1 Å². The van der Waals surface area contributed by atoms with Gasteiger partial charge in [0.05, 0.1) is 5.69 Å². The quantitative estimate of drug-likeness (QED) is 0.519. The van der Waals surface area contributed by atoms with Crippen molar-refractivity contribution in [1.82, 2.24) is 0 Å². The number of hydrogen-bond donors (Lipinski definition) is 2. The number of phenolic OH excluding ortho intramolecular Hbond substituents is 1. The minimum Gasteiger partial charge on any atom is -0.505 e. The predicted molar refractivity (Wildman–Crippen MR) is 42.5 cm³/mol. The van der Waals surface area contributed by atoms with Gasteiger partial charge in [0, 0.05) is 5.56 Å². The van der Waals surface area contributed by atoms with Crippen molar-refractivity contribution >= 4 is 12.1 Å². The number of halogens is 1. The molecule has 1 rings (SSSR count). The third-order valence-electron chi connectivity index (χ3n) is 1.58. The lowest BCUT2D eigenvalue weighted by Gasteiger charge is -2.05. The fourth-order valence-electron chi connectivity index (χ4n) is 0.856. The van der Waals surface area contributed by atoms with Crippen molar-refractivity contribution in [2.75, 3.05) is 5.32 Å². The molecule has 4 heteroatoms. The van der Waals surface area contributed by atoms with Gasteiger partial charge in [-0.2, -0.15) is 0 Å². The zero-order valence-corrected chi connectivity index (χ0v) is 6.47. The van der Waals surface area contributed by atoms with Crippen LogP contribution in [0, 0.1) is 12.7 Å². The molecule has 1 aromatic carbocycles. The third-order valence-corrected chi connectivity index (χ3v) is 1.58. The van der Waals surface area contributed by atoms with Crippen molar-refractivity contribution in [3.63, 3.8) is 0 Å². The highest BCUT2D eigenvalue weighted by Crippen LogP contribution is 2.28. The summed E-state index contributed by atoms with van der Waals surface area (Å²) in [5, 5.41) is 11.5. The molecule has 0 fully saturated rings. The number of amides is 1. The van der Waals surface area contributed by atoms with E-state index >= 15 is 0 Å². The molecule has 12 heavy (non-hydrogen) atoms. The second kappa shape index (κ2) is 3.21. The molecule has 0 spiro atoms. The Morgan fingerprint density at radius 3 is 2.83 bits per heavy atom. The first-order valence-corrected chi connectivity index (χ1v) is 3.35. The number of hydrogen-bond acceptors (Lipinski definition) is 2. The lowest BCUT2D eigenvalue weighted by atomic mass is 10.2. The van der Waals surface area contributed by atoms with Crippen LogP contribution in [0.3, 0.4) is 0 Å². The maximum absolute atomic E-state index is 12.7. The lowest BCUT2D eigenvalue weighted by molar-refractivity contribution is -0.105. The fraction of sp³-hybridized carbons (Fsp3) is 0.125. The standard InChI is InChI=1S/C8H8FNO2/c1-5-6(9)2-3-7(8(5)12)10-4-11/h2-4,12H,1H3,(H,10,11). The number of phenols is 1. The van der Waals surface area contributed by atoms with Gasteiger partial charge in [-0.05, 0) is 19.1 Å². The predicted octanol–water partition coefficient (Wildman–Crippen LogP) is 1.41. The normalized spacial score (nSPS) is 9.50. The minimum atomic E-state index is -0.496. The van der Waals surface area contributed by atoms with Crippen molar-refractivity contribution in [1.29, 1.82) is 0 Å². The summed E-state index contributed by atoms with van der Waals surface area (Å²) >= 11 is 0. The van der Waals surface area contributed by atoms with Crippen molar-refractivity contribution in [3.05, 3.63) is 23.5 Å². The number of benzene rings is 1. The number of aromatic hydroxyl groups is 1. The third kappa shape index (κ3) is 1.37. The largest absolute Gasteiger partial charge is 0.505 e. The van der Waals surface area contributed by atoms with Gasteiger partial charge in [0.1, 0.15) is 11.6 Å². The van der Waals surface area contributed by atoms with Crippen molar-refractivity contribution in [2.24, 2.45) is 0 Å². The molecule has 0 atom stereocenters. The van der Waals surface area contributed by atoms with Gasteiger partial charge in [-0.3, -0.25) is 4.79 Å². The Kier molecular flexibility index (Phi) is 2.28. The van der Waals surface area contributed by atoms with Crippen LogP contribution in [0.1, 0.15) is 5.56 Å². The Hall–Kier alpha value is -1.58. The summed E-state index contributed by atoms with van der Waals surface area (Å²) in [4.78, 5) is 10.0. The Bertz CT molecular complexity index is 312. The molecule has 2 N–H and O–H groups in total. The summed E-state index contributed by atoms with van der Waals surface area (Å²) in [5.74, 6) is -0.731. The van der Waals surface area contributed by atoms with Gasteiger partial charge in [0.15, 0.2) is 0 Å². The van der Waals surface area contributed by atoms with Crippen LogP contribution in [0.25, 0.3) is 0 Å². The van der Waals surface area contributed by atoms with Gasteiger partial charge in [-0.1, -0.05) is 0 Å². The number of nitrogens with one attached hydrogen (secondary N) is 1. The summed E-state index contributed by atoms with van der Waals surface area (Å²) in [6, 6.07) is 2.48. The Labute approximate surface area is 68.8 Å². The molecule has 0 aliphatic rings. The average Bonchev–Trinajstić information content (AvgIpc) is 2.07.